The molecule has 0 aliphatic carbocycles. The molecule has 0 atom stereocenters. The van der Waals surface area contributed by atoms with Crippen LogP contribution in [-0.2, 0) is 0 Å². The van der Waals surface area contributed by atoms with E-state index in [1.54, 1.807) is 6.20 Å². The van der Waals surface area contributed by atoms with Crippen molar-refractivity contribution in [3.63, 3.8) is 0 Å². The van der Waals surface area contributed by atoms with Crippen LogP contribution in [0.4, 0.5) is 5.69 Å². The minimum atomic E-state index is -0.324. The van der Waals surface area contributed by atoms with Gasteiger partial charge >= 0.3 is 0 Å². The van der Waals surface area contributed by atoms with E-state index in [0.29, 0.717) is 18.2 Å². The number of aromatic amines is 1. The fourth-order valence-electron chi connectivity index (χ4n) is 2.07. The lowest BCUT2D eigenvalue weighted by molar-refractivity contribution is 0.102. The molecule has 1 amide bonds. The fraction of sp³-hybridized carbons (Fsp3) is 0.125. The number of carbonyl (C=O) groups excluding carboxylic acids is 1. The van der Waals surface area contributed by atoms with Gasteiger partial charge in [0.25, 0.3) is 5.91 Å². The zero-order chi connectivity index (χ0) is 16.1. The molecule has 0 saturated carbocycles. The van der Waals surface area contributed by atoms with Crippen LogP contribution in [0, 0.1) is 0 Å². The first kappa shape index (κ1) is 14.7. The Bertz CT molecular complexity index is 802. The van der Waals surface area contributed by atoms with E-state index in [0.717, 1.165) is 11.3 Å². The van der Waals surface area contributed by atoms with Gasteiger partial charge in [0.05, 0.1) is 12.3 Å². The molecule has 0 bridgehead atoms. The zero-order valence-electron chi connectivity index (χ0n) is 12.5. The molecular weight excluding hydrogens is 294 g/mol. The highest BCUT2D eigenvalue weighted by molar-refractivity contribution is 6.03. The van der Waals surface area contributed by atoms with Crippen LogP contribution in [0.3, 0.4) is 0 Å². The minimum Gasteiger partial charge on any atom is -0.478 e. The van der Waals surface area contributed by atoms with Crippen LogP contribution >= 0.6 is 0 Å². The average Bonchev–Trinajstić information content (AvgIpc) is 3.10. The molecule has 116 valence electrons. The maximum absolute atomic E-state index is 12.3. The first-order chi connectivity index (χ1) is 11.3. The van der Waals surface area contributed by atoms with Crippen LogP contribution in [0.1, 0.15) is 17.4 Å². The SMILES string of the molecule is CCOc1cc(C(=O)Nc2cccc(-c3ccn[nH]3)c2)ncn1. The van der Waals surface area contributed by atoms with Gasteiger partial charge in [0, 0.05) is 23.5 Å². The number of nitrogens with one attached hydrogen (secondary N) is 2. The maximum Gasteiger partial charge on any atom is 0.274 e. The number of rotatable bonds is 5. The van der Waals surface area contributed by atoms with Gasteiger partial charge in [-0.05, 0) is 25.1 Å². The van der Waals surface area contributed by atoms with Crippen molar-refractivity contribution >= 4 is 11.6 Å². The summed E-state index contributed by atoms with van der Waals surface area (Å²) in [5, 5.41) is 9.62. The second-order valence-electron chi connectivity index (χ2n) is 4.68. The van der Waals surface area contributed by atoms with E-state index in [9.17, 15) is 4.79 Å². The molecule has 23 heavy (non-hydrogen) atoms. The molecule has 0 saturated heterocycles. The fourth-order valence-corrected chi connectivity index (χ4v) is 2.07. The lowest BCUT2D eigenvalue weighted by Gasteiger charge is -2.07. The molecule has 2 heterocycles. The van der Waals surface area contributed by atoms with Crippen molar-refractivity contribution in [1.29, 1.82) is 0 Å². The van der Waals surface area contributed by atoms with Crippen molar-refractivity contribution in [3.8, 4) is 17.1 Å². The Morgan fingerprint density at radius 2 is 2.17 bits per heavy atom. The van der Waals surface area contributed by atoms with Crippen molar-refractivity contribution in [2.75, 3.05) is 11.9 Å². The Morgan fingerprint density at radius 1 is 1.26 bits per heavy atom. The van der Waals surface area contributed by atoms with Gasteiger partial charge in [-0.25, -0.2) is 9.97 Å². The summed E-state index contributed by atoms with van der Waals surface area (Å²) in [4.78, 5) is 20.2. The summed E-state index contributed by atoms with van der Waals surface area (Å²) in [6.07, 6.45) is 2.98. The molecule has 1 aromatic carbocycles. The number of H-pyrrole nitrogens is 1. The molecule has 2 aromatic heterocycles. The first-order valence-corrected chi connectivity index (χ1v) is 7.12. The minimum absolute atomic E-state index is 0.246. The molecule has 2 N–H and O–H groups in total. The second kappa shape index (κ2) is 6.69. The Balaban J connectivity index is 1.78. The van der Waals surface area contributed by atoms with Crippen molar-refractivity contribution < 1.29 is 9.53 Å². The monoisotopic (exact) mass is 309 g/mol. The van der Waals surface area contributed by atoms with Gasteiger partial charge in [-0.2, -0.15) is 5.10 Å². The van der Waals surface area contributed by atoms with Gasteiger partial charge in [-0.1, -0.05) is 12.1 Å². The lowest BCUT2D eigenvalue weighted by Crippen LogP contribution is -2.14. The van der Waals surface area contributed by atoms with Crippen molar-refractivity contribution in [1.82, 2.24) is 20.2 Å². The summed E-state index contributed by atoms with van der Waals surface area (Å²) in [7, 11) is 0. The molecule has 0 spiro atoms. The summed E-state index contributed by atoms with van der Waals surface area (Å²) in [6, 6.07) is 10.8. The molecule has 0 fully saturated rings. The number of aromatic nitrogens is 4. The summed E-state index contributed by atoms with van der Waals surface area (Å²) >= 11 is 0. The van der Waals surface area contributed by atoms with Gasteiger partial charge in [-0.15, -0.1) is 0 Å². The summed E-state index contributed by atoms with van der Waals surface area (Å²) < 4.78 is 5.27. The molecular formula is C16H15N5O2. The third-order valence-corrected chi connectivity index (χ3v) is 3.10. The van der Waals surface area contributed by atoms with E-state index in [4.69, 9.17) is 4.74 Å². The smallest absolute Gasteiger partial charge is 0.274 e. The highest BCUT2D eigenvalue weighted by atomic mass is 16.5. The Hall–Kier alpha value is -3.22. The van der Waals surface area contributed by atoms with E-state index in [1.807, 2.05) is 37.3 Å². The quantitative estimate of drug-likeness (QED) is 0.755. The Morgan fingerprint density at radius 3 is 2.96 bits per heavy atom. The normalized spacial score (nSPS) is 10.3. The standard InChI is InChI=1S/C16H15N5O2/c1-2-23-15-9-14(17-10-18-15)16(22)20-12-5-3-4-11(8-12)13-6-7-19-21-13/h3-10H,2H2,1H3,(H,19,21)(H,20,22). The molecule has 0 unspecified atom stereocenters. The van der Waals surface area contributed by atoms with Gasteiger partial charge in [0.1, 0.15) is 12.0 Å². The zero-order valence-corrected chi connectivity index (χ0v) is 12.5. The maximum atomic E-state index is 12.3. The first-order valence-electron chi connectivity index (χ1n) is 7.12. The number of ether oxygens (including phenoxy) is 1. The van der Waals surface area contributed by atoms with Crippen LogP contribution in [-0.4, -0.2) is 32.7 Å². The molecule has 7 heteroatoms. The number of amides is 1. The van der Waals surface area contributed by atoms with Gasteiger partial charge < -0.3 is 10.1 Å². The van der Waals surface area contributed by atoms with Gasteiger partial charge in [0.15, 0.2) is 0 Å². The predicted molar refractivity (Wildman–Crippen MR) is 85.2 cm³/mol. The number of anilines is 1. The molecule has 3 aromatic rings. The van der Waals surface area contributed by atoms with E-state index in [1.165, 1.54) is 12.4 Å². The largest absolute Gasteiger partial charge is 0.478 e. The lowest BCUT2D eigenvalue weighted by atomic mass is 10.1. The average molecular weight is 309 g/mol. The van der Waals surface area contributed by atoms with E-state index < -0.39 is 0 Å². The number of hydrogen-bond acceptors (Lipinski definition) is 5. The number of hydrogen-bond donors (Lipinski definition) is 2. The van der Waals surface area contributed by atoms with Gasteiger partial charge in [-0.3, -0.25) is 9.89 Å². The van der Waals surface area contributed by atoms with Crippen molar-refractivity contribution in [2.45, 2.75) is 6.92 Å². The van der Waals surface area contributed by atoms with E-state index in [2.05, 4.69) is 25.5 Å². The van der Waals surface area contributed by atoms with Crippen LogP contribution in [0.2, 0.25) is 0 Å². The number of carbonyl (C=O) groups is 1. The molecule has 3 rings (SSSR count). The van der Waals surface area contributed by atoms with Gasteiger partial charge in [0.2, 0.25) is 5.88 Å². The Labute approximate surface area is 132 Å². The van der Waals surface area contributed by atoms with E-state index in [-0.39, 0.29) is 11.6 Å². The van der Waals surface area contributed by atoms with E-state index >= 15 is 0 Å². The number of nitrogens with zero attached hydrogens (tertiary/aromatic N) is 3. The summed E-state index contributed by atoms with van der Waals surface area (Å²) in [6.45, 7) is 2.33. The second-order valence-corrected chi connectivity index (χ2v) is 4.68. The Kier molecular flexibility index (Phi) is 4.28. The van der Waals surface area contributed by atoms with Crippen molar-refractivity contribution in [3.05, 3.63) is 54.6 Å². The third kappa shape index (κ3) is 3.52. The summed E-state index contributed by atoms with van der Waals surface area (Å²) in [5.74, 6) is 0.0500. The summed E-state index contributed by atoms with van der Waals surface area (Å²) in [5.41, 5.74) is 2.72. The molecule has 0 aliphatic heterocycles. The predicted octanol–water partition coefficient (Wildman–Crippen LogP) is 2.52. The molecule has 0 radical (unpaired) electrons. The van der Waals surface area contributed by atoms with Crippen LogP contribution in [0.25, 0.3) is 11.3 Å². The molecule has 7 nitrogen and oxygen atoms in total. The number of benzene rings is 1. The topological polar surface area (TPSA) is 92.8 Å². The third-order valence-electron chi connectivity index (χ3n) is 3.10. The highest BCUT2D eigenvalue weighted by Crippen LogP contribution is 2.20. The molecule has 0 aliphatic rings. The van der Waals surface area contributed by atoms with Crippen LogP contribution in [0.5, 0.6) is 5.88 Å². The van der Waals surface area contributed by atoms with Crippen molar-refractivity contribution in [2.24, 2.45) is 0 Å². The van der Waals surface area contributed by atoms with Crippen LogP contribution in [0.15, 0.2) is 48.9 Å². The van der Waals surface area contributed by atoms with Crippen LogP contribution < -0.4 is 10.1 Å². The highest BCUT2D eigenvalue weighted by Gasteiger charge is 2.10.